The molecule has 0 aromatic heterocycles. The van der Waals surface area contributed by atoms with Gasteiger partial charge in [-0.3, -0.25) is 0 Å². The van der Waals surface area contributed by atoms with Gasteiger partial charge >= 0.3 is 11.9 Å². The fraction of sp³-hybridized carbons (Fsp3) is 0.600. The van der Waals surface area contributed by atoms with Crippen molar-refractivity contribution in [3.8, 4) is 0 Å². The predicted molar refractivity (Wildman–Crippen MR) is 186 cm³/mol. The maximum Gasteiger partial charge on any atom is 0.338 e. The first-order valence-electron chi connectivity index (χ1n) is 17.9. The summed E-state index contributed by atoms with van der Waals surface area (Å²) in [6.07, 6.45) is 28.7. The number of hydrogen-bond acceptors (Lipinski definition) is 4. The zero-order chi connectivity index (χ0) is 31.5. The summed E-state index contributed by atoms with van der Waals surface area (Å²) >= 11 is 0. The van der Waals surface area contributed by atoms with Gasteiger partial charge in [-0.1, -0.05) is 178 Å². The molecule has 0 aliphatic carbocycles. The number of rotatable bonds is 26. The molecular weight excluding hydrogens is 544 g/mol. The van der Waals surface area contributed by atoms with Gasteiger partial charge in [0.2, 0.25) is 0 Å². The maximum absolute atomic E-state index is 12.9. The first-order chi connectivity index (χ1) is 21.7. The van der Waals surface area contributed by atoms with Crippen molar-refractivity contribution in [1.29, 1.82) is 0 Å². The second-order valence-corrected chi connectivity index (χ2v) is 12.1. The highest BCUT2D eigenvalue weighted by molar-refractivity contribution is 5.97. The van der Waals surface area contributed by atoms with Gasteiger partial charge in [0.1, 0.15) is 0 Å². The van der Waals surface area contributed by atoms with Crippen molar-refractivity contribution in [2.24, 2.45) is 0 Å². The molecule has 0 aliphatic heterocycles. The summed E-state index contributed by atoms with van der Waals surface area (Å²) in [6.45, 7) is 5.40. The number of benzene rings is 2. The topological polar surface area (TPSA) is 52.6 Å². The fourth-order valence-corrected chi connectivity index (χ4v) is 5.50. The zero-order valence-electron chi connectivity index (χ0n) is 28.0. The molecular formula is C40H60O4. The van der Waals surface area contributed by atoms with Crippen LogP contribution in [0.25, 0.3) is 12.2 Å². The van der Waals surface area contributed by atoms with E-state index >= 15 is 0 Å². The number of carbonyl (C=O) groups is 2. The van der Waals surface area contributed by atoms with E-state index in [1.807, 2.05) is 48.6 Å². The van der Waals surface area contributed by atoms with E-state index in [4.69, 9.17) is 9.47 Å². The van der Waals surface area contributed by atoms with Crippen LogP contribution in [0.4, 0.5) is 0 Å². The van der Waals surface area contributed by atoms with Gasteiger partial charge in [0.15, 0.2) is 0 Å². The second-order valence-electron chi connectivity index (χ2n) is 12.1. The Morgan fingerprint density at radius 3 is 1.09 bits per heavy atom. The van der Waals surface area contributed by atoms with Crippen molar-refractivity contribution >= 4 is 24.1 Å². The van der Waals surface area contributed by atoms with E-state index in [2.05, 4.69) is 13.8 Å². The summed E-state index contributed by atoms with van der Waals surface area (Å²) in [6, 6.07) is 14.9. The SMILES string of the molecule is CCCCCCCCCCCCOC(=O)c1ccccc1C=Cc1ccccc1C(=O)OCCCCCCCCCCCC. The first-order valence-corrected chi connectivity index (χ1v) is 17.9. The minimum Gasteiger partial charge on any atom is -0.462 e. The number of ether oxygens (including phenoxy) is 2. The van der Waals surface area contributed by atoms with Crippen LogP contribution in [-0.2, 0) is 9.47 Å². The molecule has 244 valence electrons. The highest BCUT2D eigenvalue weighted by Crippen LogP contribution is 2.19. The van der Waals surface area contributed by atoms with Crippen LogP contribution in [0.15, 0.2) is 48.5 Å². The van der Waals surface area contributed by atoms with Crippen molar-refractivity contribution in [3.05, 3.63) is 70.8 Å². The third kappa shape index (κ3) is 16.8. The molecule has 0 heterocycles. The third-order valence-electron chi connectivity index (χ3n) is 8.27. The van der Waals surface area contributed by atoms with Crippen molar-refractivity contribution in [3.63, 3.8) is 0 Å². The van der Waals surface area contributed by atoms with Crippen LogP contribution in [-0.4, -0.2) is 25.2 Å². The molecule has 0 aliphatic rings. The average Bonchev–Trinajstić information content (AvgIpc) is 3.05. The van der Waals surface area contributed by atoms with Crippen LogP contribution in [0.2, 0.25) is 0 Å². The van der Waals surface area contributed by atoms with Crippen LogP contribution >= 0.6 is 0 Å². The van der Waals surface area contributed by atoms with Crippen molar-refractivity contribution < 1.29 is 19.1 Å². The number of unbranched alkanes of at least 4 members (excludes halogenated alkanes) is 18. The van der Waals surface area contributed by atoms with Gasteiger partial charge in [-0.15, -0.1) is 0 Å². The molecule has 4 nitrogen and oxygen atoms in total. The highest BCUT2D eigenvalue weighted by Gasteiger charge is 2.13. The van der Waals surface area contributed by atoms with Gasteiger partial charge in [-0.2, -0.15) is 0 Å². The lowest BCUT2D eigenvalue weighted by Crippen LogP contribution is -2.08. The van der Waals surface area contributed by atoms with Gasteiger partial charge < -0.3 is 9.47 Å². The summed E-state index contributed by atoms with van der Waals surface area (Å²) in [5.41, 5.74) is 2.62. The normalized spacial score (nSPS) is 11.2. The minimum absolute atomic E-state index is 0.301. The monoisotopic (exact) mass is 604 g/mol. The van der Waals surface area contributed by atoms with Gasteiger partial charge in [-0.25, -0.2) is 9.59 Å². The lowest BCUT2D eigenvalue weighted by atomic mass is 10.0. The van der Waals surface area contributed by atoms with Gasteiger partial charge in [0, 0.05) is 0 Å². The zero-order valence-corrected chi connectivity index (χ0v) is 28.0. The quantitative estimate of drug-likeness (QED) is 0.0609. The summed E-state index contributed by atoms with van der Waals surface area (Å²) in [5, 5.41) is 0. The molecule has 2 rings (SSSR count). The molecule has 2 aromatic rings. The van der Waals surface area contributed by atoms with Crippen LogP contribution < -0.4 is 0 Å². The average molecular weight is 605 g/mol. The fourth-order valence-electron chi connectivity index (χ4n) is 5.50. The van der Waals surface area contributed by atoms with E-state index in [1.54, 1.807) is 12.1 Å². The number of hydrogen-bond donors (Lipinski definition) is 0. The van der Waals surface area contributed by atoms with Crippen LogP contribution in [0.1, 0.15) is 174 Å². The van der Waals surface area contributed by atoms with Gasteiger partial charge in [0.05, 0.1) is 24.3 Å². The molecule has 0 atom stereocenters. The largest absolute Gasteiger partial charge is 0.462 e. The summed E-state index contributed by atoms with van der Waals surface area (Å²) in [4.78, 5) is 25.7. The molecule has 0 saturated heterocycles. The molecule has 0 unspecified atom stereocenters. The Morgan fingerprint density at radius 1 is 0.455 bits per heavy atom. The van der Waals surface area contributed by atoms with E-state index in [9.17, 15) is 9.59 Å². The van der Waals surface area contributed by atoms with Crippen LogP contribution in [0.3, 0.4) is 0 Å². The van der Waals surface area contributed by atoms with Crippen molar-refractivity contribution in [2.75, 3.05) is 13.2 Å². The molecule has 0 fully saturated rings. The molecule has 0 saturated carbocycles. The molecule has 0 amide bonds. The van der Waals surface area contributed by atoms with E-state index in [1.165, 1.54) is 103 Å². The molecule has 0 N–H and O–H groups in total. The van der Waals surface area contributed by atoms with Gasteiger partial charge in [0.25, 0.3) is 0 Å². The Balaban J connectivity index is 1.74. The standard InChI is InChI=1S/C40H60O4/c1-3-5-7-9-11-13-15-17-19-25-33-43-39(41)37-29-23-21-27-35(37)31-32-36-28-22-24-30-38(36)40(42)44-34-26-20-18-16-14-12-10-8-6-4-2/h21-24,27-32H,3-20,25-26,33-34H2,1-2H3. The lowest BCUT2D eigenvalue weighted by molar-refractivity contribution is 0.0488. The van der Waals surface area contributed by atoms with E-state index in [-0.39, 0.29) is 11.9 Å². The molecule has 0 radical (unpaired) electrons. The van der Waals surface area contributed by atoms with Crippen molar-refractivity contribution in [2.45, 2.75) is 142 Å². The summed E-state index contributed by atoms with van der Waals surface area (Å²) in [5.74, 6) is -0.601. The second kappa shape index (κ2) is 25.4. The number of carbonyl (C=O) groups excluding carboxylic acids is 2. The number of esters is 2. The molecule has 2 aromatic carbocycles. The predicted octanol–water partition coefficient (Wildman–Crippen LogP) is 12.0. The maximum atomic E-state index is 12.9. The van der Waals surface area contributed by atoms with E-state index < -0.39 is 0 Å². The Labute approximate surface area is 269 Å². The Kier molecular flexibility index (Phi) is 21.6. The van der Waals surface area contributed by atoms with Gasteiger partial charge in [-0.05, 0) is 36.1 Å². The Morgan fingerprint density at radius 2 is 0.750 bits per heavy atom. The summed E-state index contributed by atoms with van der Waals surface area (Å²) in [7, 11) is 0. The third-order valence-corrected chi connectivity index (χ3v) is 8.27. The van der Waals surface area contributed by atoms with E-state index in [0.717, 1.165) is 36.8 Å². The van der Waals surface area contributed by atoms with Crippen molar-refractivity contribution in [1.82, 2.24) is 0 Å². The van der Waals surface area contributed by atoms with Crippen LogP contribution in [0.5, 0.6) is 0 Å². The van der Waals surface area contributed by atoms with Crippen LogP contribution in [0, 0.1) is 0 Å². The summed E-state index contributed by atoms with van der Waals surface area (Å²) < 4.78 is 11.2. The molecule has 0 bridgehead atoms. The molecule has 4 heteroatoms. The highest BCUT2D eigenvalue weighted by atomic mass is 16.5. The Hall–Kier alpha value is -2.88. The Bertz CT molecular complexity index is 973. The van der Waals surface area contributed by atoms with E-state index in [0.29, 0.717) is 24.3 Å². The minimum atomic E-state index is -0.301. The molecule has 44 heavy (non-hydrogen) atoms. The first kappa shape index (κ1) is 37.3. The smallest absolute Gasteiger partial charge is 0.338 e. The molecule has 0 spiro atoms. The lowest BCUT2D eigenvalue weighted by Gasteiger charge is -2.09.